The number of carbonyl (C=O) groups excluding carboxylic acids is 2. The number of aliphatic hydroxyl groups excluding tert-OH is 3. The van der Waals surface area contributed by atoms with Crippen LogP contribution in [0.3, 0.4) is 0 Å². The summed E-state index contributed by atoms with van der Waals surface area (Å²) in [5, 5.41) is 73.1. The van der Waals surface area contributed by atoms with E-state index in [0.717, 1.165) is 0 Å². The second-order valence-corrected chi connectivity index (χ2v) is 21.9. The normalized spacial score (nSPS) is 39.6. The van der Waals surface area contributed by atoms with Crippen LogP contribution in [-0.2, 0) is 33.2 Å². The molecule has 0 aromatic heterocycles. The van der Waals surface area contributed by atoms with Crippen LogP contribution in [0.5, 0.6) is 0 Å². The molecule has 0 spiro atoms. The summed E-state index contributed by atoms with van der Waals surface area (Å²) < 4.78 is 38.1. The van der Waals surface area contributed by atoms with E-state index in [-0.39, 0.29) is 68.4 Å². The number of hydrogen-bond donors (Lipinski definition) is 6. The molecule has 0 saturated carbocycles. The molecule has 70 heavy (non-hydrogen) atoms. The summed E-state index contributed by atoms with van der Waals surface area (Å²) in [5.41, 5.74) is -4.42. The van der Waals surface area contributed by atoms with E-state index in [1.165, 1.54) is 25.0 Å². The molecule has 3 aliphatic rings. The first-order valence-corrected chi connectivity index (χ1v) is 25.5. The number of urea groups is 1. The predicted molar refractivity (Wildman–Crippen MR) is 265 cm³/mol. The number of amides is 2. The van der Waals surface area contributed by atoms with Gasteiger partial charge in [0.25, 0.3) is 0 Å². The van der Waals surface area contributed by atoms with Crippen LogP contribution in [-0.4, -0.2) is 190 Å². The maximum absolute atomic E-state index is 14.6. The summed E-state index contributed by atoms with van der Waals surface area (Å²) in [5.74, 6) is -3.05. The van der Waals surface area contributed by atoms with Gasteiger partial charge in [0.2, 0.25) is 0 Å². The van der Waals surface area contributed by atoms with Gasteiger partial charge in [-0.05, 0) is 112 Å². The van der Waals surface area contributed by atoms with Crippen molar-refractivity contribution in [3.63, 3.8) is 0 Å². The molecular weight excluding hydrogens is 949 g/mol. The first kappa shape index (κ1) is 60.1. The number of hydrogen-bond acceptors (Lipinski definition) is 16. The van der Waals surface area contributed by atoms with Crippen molar-refractivity contribution >= 4 is 40.9 Å². The van der Waals surface area contributed by atoms with Gasteiger partial charge in [-0.3, -0.25) is 9.69 Å². The number of carbonyl (C=O) groups is 2. The zero-order valence-electron chi connectivity index (χ0n) is 43.5. The van der Waals surface area contributed by atoms with Crippen molar-refractivity contribution in [2.24, 2.45) is 17.8 Å². The van der Waals surface area contributed by atoms with E-state index in [1.807, 2.05) is 37.7 Å². The fourth-order valence-corrected chi connectivity index (χ4v) is 11.1. The summed E-state index contributed by atoms with van der Waals surface area (Å²) >= 11 is 12.4. The first-order valence-electron chi connectivity index (χ1n) is 24.8. The van der Waals surface area contributed by atoms with Crippen molar-refractivity contribution in [3.8, 4) is 6.07 Å². The highest BCUT2D eigenvalue weighted by Gasteiger charge is 2.53. The van der Waals surface area contributed by atoms with Crippen LogP contribution in [0.15, 0.2) is 18.2 Å². The number of cyclic esters (lactones) is 1. The van der Waals surface area contributed by atoms with Gasteiger partial charge in [-0.2, -0.15) is 5.26 Å². The molecule has 1 aromatic rings. The van der Waals surface area contributed by atoms with Crippen LogP contribution >= 0.6 is 23.2 Å². The Labute approximate surface area is 425 Å². The largest absolute Gasteiger partial charge is 0.459 e. The molecule has 6 N–H and O–H groups in total. The zero-order valence-corrected chi connectivity index (χ0v) is 45.0. The van der Waals surface area contributed by atoms with Crippen LogP contribution in [0.1, 0.15) is 108 Å². The van der Waals surface area contributed by atoms with Gasteiger partial charge in [0.05, 0.1) is 64.7 Å². The van der Waals surface area contributed by atoms with Gasteiger partial charge in [-0.15, -0.1) is 0 Å². The summed E-state index contributed by atoms with van der Waals surface area (Å²) in [4.78, 5) is 33.6. The lowest BCUT2D eigenvalue weighted by Crippen LogP contribution is -2.60. The fraction of sp³-hybridized carbons (Fsp3) is 0.820. The Morgan fingerprint density at radius 2 is 1.67 bits per heavy atom. The number of benzene rings is 1. The van der Waals surface area contributed by atoms with E-state index < -0.39 is 102 Å². The number of ether oxygens (including phenoxy) is 6. The van der Waals surface area contributed by atoms with E-state index in [9.17, 15) is 40.4 Å². The fourth-order valence-electron chi connectivity index (χ4n) is 10.6. The van der Waals surface area contributed by atoms with E-state index in [0.29, 0.717) is 30.1 Å². The van der Waals surface area contributed by atoms with Crippen LogP contribution in [0, 0.1) is 29.1 Å². The number of methoxy groups -OCH3 is 1. The second kappa shape index (κ2) is 25.7. The number of aliphatic hydroxyl groups is 5. The van der Waals surface area contributed by atoms with E-state index in [1.54, 1.807) is 60.6 Å². The molecule has 1 aromatic carbocycles. The Morgan fingerprint density at radius 3 is 2.27 bits per heavy atom. The average Bonchev–Trinajstić information content (AvgIpc) is 3.28. The number of esters is 1. The predicted octanol–water partition coefficient (Wildman–Crippen LogP) is 5.42. The minimum absolute atomic E-state index is 0.0684. The highest BCUT2D eigenvalue weighted by atomic mass is 35.5. The van der Waals surface area contributed by atoms with Crippen molar-refractivity contribution in [3.05, 3.63) is 28.2 Å². The van der Waals surface area contributed by atoms with Crippen molar-refractivity contribution < 1.29 is 63.5 Å². The molecule has 18 atom stereocenters. The van der Waals surface area contributed by atoms with Gasteiger partial charge in [-0.1, -0.05) is 44.0 Å². The first-order chi connectivity index (χ1) is 32.6. The number of nitriles is 1. The molecule has 18 nitrogen and oxygen atoms in total. The average molecular weight is 1030 g/mol. The van der Waals surface area contributed by atoms with Crippen LogP contribution in [0.4, 0.5) is 10.5 Å². The van der Waals surface area contributed by atoms with Crippen molar-refractivity contribution in [1.29, 1.82) is 5.26 Å². The number of nitrogens with one attached hydrogen (secondary N) is 1. The Balaban J connectivity index is 1.78. The number of nitrogens with zero attached hydrogens (tertiary/aromatic N) is 4. The Hall–Kier alpha value is -2.45. The third-order valence-electron chi connectivity index (χ3n) is 14.9. The monoisotopic (exact) mass is 1030 g/mol. The molecule has 3 fully saturated rings. The van der Waals surface area contributed by atoms with Crippen molar-refractivity contribution in [2.45, 2.75) is 198 Å². The number of likely N-dealkylation sites (N-methyl/N-ethyl adjacent to an activating group) is 1. The smallest absolute Gasteiger partial charge is 0.321 e. The standard InChI is InChI=1S/C50H83Cl2N5O13/c1-14-38-50(10,64)42(59)32(6)57(22-16-21-56(20-15-19-53)47(62)54-36-18-17-34(51)24-35(36)52)27-28(2)25-48(8,63)44(70-46-40(58)37(55(11)12)23-29(3)66-46)30(4)41(31(5)45(61)68-38)69-39-26-49(9,65-13)43(60)33(7)67-39/h17-18,24,28-33,37-44,46,58-60,63-64H,14-16,20-23,25-27H2,1-13H3,(H,54,62)/t28-,29-,30+,31-,32-,33+,37+,38-,39-,40-,41+,42-,43+,44-,46+,48-,49-,50-/m1/s1. The van der Waals surface area contributed by atoms with E-state index in [4.69, 9.17) is 51.6 Å². The Morgan fingerprint density at radius 1 is 1.00 bits per heavy atom. The highest BCUT2D eigenvalue weighted by molar-refractivity contribution is 6.36. The third-order valence-corrected chi connectivity index (χ3v) is 15.4. The van der Waals surface area contributed by atoms with Gasteiger partial charge >= 0.3 is 12.0 Å². The minimum atomic E-state index is -1.98. The molecule has 400 valence electrons. The minimum Gasteiger partial charge on any atom is -0.459 e. The molecule has 0 unspecified atom stereocenters. The van der Waals surface area contributed by atoms with Gasteiger partial charge in [0, 0.05) is 62.7 Å². The Kier molecular flexibility index (Phi) is 22.0. The molecule has 0 bridgehead atoms. The summed E-state index contributed by atoms with van der Waals surface area (Å²) in [6.45, 7) is 18.2. The number of rotatable bonds is 14. The molecule has 4 rings (SSSR count). The molecule has 0 radical (unpaired) electrons. The second-order valence-electron chi connectivity index (χ2n) is 21.0. The third kappa shape index (κ3) is 14.9. The molecule has 3 aliphatic heterocycles. The van der Waals surface area contributed by atoms with Crippen molar-refractivity contribution in [1.82, 2.24) is 14.7 Å². The maximum atomic E-state index is 14.6. The lowest BCUT2D eigenvalue weighted by molar-refractivity contribution is -0.318. The molecule has 3 saturated heterocycles. The van der Waals surface area contributed by atoms with Gasteiger partial charge in [-0.25, -0.2) is 4.79 Å². The Bertz CT molecular complexity index is 1900. The zero-order chi connectivity index (χ0) is 52.6. The van der Waals surface area contributed by atoms with Crippen molar-refractivity contribution in [2.75, 3.05) is 52.7 Å². The summed E-state index contributed by atoms with van der Waals surface area (Å²) in [6, 6.07) is 5.21. The molecule has 2 amide bonds. The molecule has 0 aliphatic carbocycles. The van der Waals surface area contributed by atoms with E-state index in [2.05, 4.69) is 11.4 Å². The van der Waals surface area contributed by atoms with Crippen LogP contribution in [0.2, 0.25) is 10.0 Å². The quantitative estimate of drug-likeness (QED) is 0.128. The maximum Gasteiger partial charge on any atom is 0.321 e. The van der Waals surface area contributed by atoms with Gasteiger partial charge < -0.3 is 69.1 Å². The number of anilines is 1. The SMILES string of the molecule is CC[C@H]1OC(=O)[C@H](C)[C@@H](O[C@@H]2C[C@@](C)(OC)[C@@H](O)[C@H](C)O2)[C@H](C)[C@@H](O[C@@H]2O[C@H](C)C[C@H](N(C)C)[C@H]2O)[C@](C)(O)C[C@@H](C)CN(CCCN(CCC#N)C(=O)Nc2ccc(Cl)cc2Cl)[C@H](C)[C@@H](O)[C@]1(C)O. The number of halogens is 2. The summed E-state index contributed by atoms with van der Waals surface area (Å²) in [7, 11) is 5.21. The summed E-state index contributed by atoms with van der Waals surface area (Å²) in [6.07, 6.45) is -9.08. The highest BCUT2D eigenvalue weighted by Crippen LogP contribution is 2.40. The van der Waals surface area contributed by atoms with E-state index >= 15 is 0 Å². The molecule has 3 heterocycles. The molecule has 20 heteroatoms. The lowest BCUT2D eigenvalue weighted by Gasteiger charge is -2.48. The van der Waals surface area contributed by atoms with Crippen LogP contribution < -0.4 is 5.32 Å². The lowest BCUT2D eigenvalue weighted by atomic mass is 9.77. The topological polar surface area (TPSA) is 236 Å². The molecular formula is C50H83Cl2N5O13. The van der Waals surface area contributed by atoms with Gasteiger partial charge in [0.15, 0.2) is 12.6 Å². The van der Waals surface area contributed by atoms with Crippen LogP contribution in [0.25, 0.3) is 0 Å². The van der Waals surface area contributed by atoms with Gasteiger partial charge in [0.1, 0.15) is 30.0 Å².